The Kier molecular flexibility index (Phi) is 4.94. The van der Waals surface area contributed by atoms with Crippen molar-refractivity contribution in [2.24, 2.45) is 0 Å². The normalized spacial score (nSPS) is 11.4. The highest BCUT2D eigenvalue weighted by molar-refractivity contribution is 5.78. The predicted molar refractivity (Wildman–Crippen MR) is 76.4 cm³/mol. The molecule has 0 aliphatic rings. The van der Waals surface area contributed by atoms with E-state index in [0.717, 1.165) is 0 Å². The van der Waals surface area contributed by atoms with E-state index in [9.17, 15) is 4.79 Å². The van der Waals surface area contributed by atoms with Gasteiger partial charge in [0.25, 0.3) is 5.91 Å². The van der Waals surface area contributed by atoms with Gasteiger partial charge in [-0.1, -0.05) is 19.1 Å². The largest absolute Gasteiger partial charge is 0.482 e. The summed E-state index contributed by atoms with van der Waals surface area (Å²) in [5.41, 5.74) is 0.406. The first kappa shape index (κ1) is 14.6. The van der Waals surface area contributed by atoms with Gasteiger partial charge in [-0.25, -0.2) is 4.98 Å². The molecule has 1 amide bonds. The van der Waals surface area contributed by atoms with Crippen molar-refractivity contribution in [1.29, 1.82) is 5.26 Å². The first-order chi connectivity index (χ1) is 10.2. The van der Waals surface area contributed by atoms with Crippen LogP contribution in [-0.2, 0) is 4.79 Å². The van der Waals surface area contributed by atoms with E-state index in [1.165, 1.54) is 0 Å². The molecule has 108 valence electrons. The number of amides is 1. The monoisotopic (exact) mass is 284 g/mol. The number of rotatable bonds is 6. The first-order valence-electron chi connectivity index (χ1n) is 6.65. The maximum Gasteiger partial charge on any atom is 0.258 e. The van der Waals surface area contributed by atoms with Gasteiger partial charge in [-0.15, -0.1) is 0 Å². The summed E-state index contributed by atoms with van der Waals surface area (Å²) in [5, 5.41) is 11.8. The van der Waals surface area contributed by atoms with Crippen molar-refractivity contribution in [3.63, 3.8) is 0 Å². The van der Waals surface area contributed by atoms with E-state index >= 15 is 0 Å². The van der Waals surface area contributed by atoms with Gasteiger partial charge in [-0.3, -0.25) is 4.79 Å². The molecule has 0 bridgehead atoms. The second kappa shape index (κ2) is 7.10. The molecule has 0 aliphatic heterocycles. The van der Waals surface area contributed by atoms with Gasteiger partial charge in [0.1, 0.15) is 17.6 Å². The Bertz CT molecular complexity index is 631. The maximum atomic E-state index is 11.9. The van der Waals surface area contributed by atoms with E-state index in [4.69, 9.17) is 10.00 Å². The standard InChI is InChI=1S/C15H16N4O2/c1-2-12(15-17-7-8-18-15)19-14(20)10-21-13-6-4-3-5-11(13)9-16/h3-8,12H,2,10H2,1H3,(H,17,18)(H,19,20). The van der Waals surface area contributed by atoms with Crippen molar-refractivity contribution < 1.29 is 9.53 Å². The molecule has 6 heteroatoms. The number of nitriles is 1. The van der Waals surface area contributed by atoms with Crippen molar-refractivity contribution in [3.05, 3.63) is 48.0 Å². The van der Waals surface area contributed by atoms with Crippen molar-refractivity contribution in [2.45, 2.75) is 19.4 Å². The number of H-pyrrole nitrogens is 1. The van der Waals surface area contributed by atoms with Crippen molar-refractivity contribution >= 4 is 5.91 Å². The molecule has 1 aromatic heterocycles. The molecule has 0 spiro atoms. The van der Waals surface area contributed by atoms with Gasteiger partial charge in [0.2, 0.25) is 0 Å². The van der Waals surface area contributed by atoms with Crippen molar-refractivity contribution in [1.82, 2.24) is 15.3 Å². The van der Waals surface area contributed by atoms with E-state index in [1.807, 2.05) is 13.0 Å². The number of aromatic nitrogens is 2. The number of nitrogens with zero attached hydrogens (tertiary/aromatic N) is 2. The van der Waals surface area contributed by atoms with Crippen LogP contribution in [0, 0.1) is 11.3 Å². The number of para-hydroxylation sites is 1. The zero-order chi connectivity index (χ0) is 15.1. The number of ether oxygens (including phenoxy) is 1. The Balaban J connectivity index is 1.92. The van der Waals surface area contributed by atoms with Gasteiger partial charge in [0.05, 0.1) is 11.6 Å². The first-order valence-corrected chi connectivity index (χ1v) is 6.65. The minimum atomic E-state index is -0.258. The highest BCUT2D eigenvalue weighted by Gasteiger charge is 2.15. The van der Waals surface area contributed by atoms with Gasteiger partial charge in [-0.2, -0.15) is 5.26 Å². The minimum absolute atomic E-state index is 0.143. The van der Waals surface area contributed by atoms with Crippen LogP contribution in [0.1, 0.15) is 30.8 Å². The summed E-state index contributed by atoms with van der Waals surface area (Å²) in [7, 11) is 0. The van der Waals surface area contributed by atoms with Crippen molar-refractivity contribution in [3.8, 4) is 11.8 Å². The molecule has 1 unspecified atom stereocenters. The van der Waals surface area contributed by atoms with Crippen molar-refractivity contribution in [2.75, 3.05) is 6.61 Å². The third kappa shape index (κ3) is 3.83. The van der Waals surface area contributed by atoms with Crippen LogP contribution in [0.4, 0.5) is 0 Å². The fourth-order valence-electron chi connectivity index (χ4n) is 1.90. The Morgan fingerprint density at radius 3 is 3.00 bits per heavy atom. The summed E-state index contributed by atoms with van der Waals surface area (Å²) in [6, 6.07) is 8.65. The summed E-state index contributed by atoms with van der Waals surface area (Å²) in [4.78, 5) is 19.0. The zero-order valence-corrected chi connectivity index (χ0v) is 11.7. The maximum absolute atomic E-state index is 11.9. The average Bonchev–Trinajstić information content (AvgIpc) is 3.05. The summed E-state index contributed by atoms with van der Waals surface area (Å²) >= 11 is 0. The minimum Gasteiger partial charge on any atom is -0.482 e. The number of benzene rings is 1. The fraction of sp³-hybridized carbons (Fsp3) is 0.267. The molecule has 1 aromatic carbocycles. The van der Waals surface area contributed by atoms with E-state index in [-0.39, 0.29) is 18.6 Å². The lowest BCUT2D eigenvalue weighted by molar-refractivity contribution is -0.123. The molecule has 0 aliphatic carbocycles. The zero-order valence-electron chi connectivity index (χ0n) is 11.7. The molecule has 0 fully saturated rings. The summed E-state index contributed by atoms with van der Waals surface area (Å²) in [6.45, 7) is 1.81. The van der Waals surface area contributed by atoms with E-state index in [2.05, 4.69) is 15.3 Å². The van der Waals surface area contributed by atoms with Crippen LogP contribution in [-0.4, -0.2) is 22.5 Å². The molecule has 1 heterocycles. The molecule has 2 aromatic rings. The molecule has 0 radical (unpaired) electrons. The summed E-state index contributed by atoms with van der Waals surface area (Å²) in [6.07, 6.45) is 4.07. The van der Waals surface area contributed by atoms with Gasteiger partial charge in [0.15, 0.2) is 6.61 Å². The number of nitrogens with one attached hydrogen (secondary N) is 2. The molecule has 21 heavy (non-hydrogen) atoms. The molecule has 6 nitrogen and oxygen atoms in total. The Labute approximate surface area is 122 Å². The number of carbonyl (C=O) groups is 1. The molecule has 0 saturated carbocycles. The second-order valence-electron chi connectivity index (χ2n) is 4.40. The SMILES string of the molecule is CCC(NC(=O)COc1ccccc1C#N)c1ncc[nH]1. The van der Waals surface area contributed by atoms with E-state index in [0.29, 0.717) is 23.6 Å². The van der Waals surface area contributed by atoms with Crippen LogP contribution in [0.2, 0.25) is 0 Å². The number of imidazole rings is 1. The average molecular weight is 284 g/mol. The third-order valence-electron chi connectivity index (χ3n) is 2.96. The molecule has 2 N–H and O–H groups in total. The third-order valence-corrected chi connectivity index (χ3v) is 2.96. The number of hydrogen-bond donors (Lipinski definition) is 2. The number of carbonyl (C=O) groups excluding carboxylic acids is 1. The Morgan fingerprint density at radius 2 is 2.33 bits per heavy atom. The van der Waals surface area contributed by atoms with Gasteiger partial charge in [-0.05, 0) is 18.6 Å². The van der Waals surface area contributed by atoms with E-state index in [1.54, 1.807) is 36.7 Å². The summed E-state index contributed by atoms with van der Waals surface area (Å²) in [5.74, 6) is 0.857. The lowest BCUT2D eigenvalue weighted by Gasteiger charge is -2.15. The highest BCUT2D eigenvalue weighted by Crippen LogP contribution is 2.16. The van der Waals surface area contributed by atoms with Crippen LogP contribution in [0.5, 0.6) is 5.75 Å². The highest BCUT2D eigenvalue weighted by atomic mass is 16.5. The Hall–Kier alpha value is -2.81. The lowest BCUT2D eigenvalue weighted by Crippen LogP contribution is -2.33. The molecular weight excluding hydrogens is 268 g/mol. The van der Waals surface area contributed by atoms with Crippen LogP contribution in [0.25, 0.3) is 0 Å². The smallest absolute Gasteiger partial charge is 0.258 e. The molecular formula is C15H16N4O2. The predicted octanol–water partition coefficient (Wildman–Crippen LogP) is 1.93. The molecule has 1 atom stereocenters. The molecule has 2 rings (SSSR count). The summed E-state index contributed by atoms with van der Waals surface area (Å²) < 4.78 is 5.39. The Morgan fingerprint density at radius 1 is 1.52 bits per heavy atom. The van der Waals surface area contributed by atoms with Crippen LogP contribution >= 0.6 is 0 Å². The van der Waals surface area contributed by atoms with Gasteiger partial charge in [0, 0.05) is 12.4 Å². The van der Waals surface area contributed by atoms with Crippen LogP contribution in [0.3, 0.4) is 0 Å². The number of aromatic amines is 1. The second-order valence-corrected chi connectivity index (χ2v) is 4.40. The van der Waals surface area contributed by atoms with E-state index < -0.39 is 0 Å². The van der Waals surface area contributed by atoms with Gasteiger partial charge >= 0.3 is 0 Å². The fourth-order valence-corrected chi connectivity index (χ4v) is 1.90. The topological polar surface area (TPSA) is 90.8 Å². The van der Waals surface area contributed by atoms with Gasteiger partial charge < -0.3 is 15.0 Å². The number of hydrogen-bond acceptors (Lipinski definition) is 4. The lowest BCUT2D eigenvalue weighted by atomic mass is 10.2. The quantitative estimate of drug-likeness (QED) is 0.848. The van der Waals surface area contributed by atoms with Crippen LogP contribution in [0.15, 0.2) is 36.7 Å². The molecule has 0 saturated heterocycles. The van der Waals surface area contributed by atoms with Crippen LogP contribution < -0.4 is 10.1 Å².